The Morgan fingerprint density at radius 3 is 2.00 bits per heavy atom. The summed E-state index contributed by atoms with van der Waals surface area (Å²) in [5.41, 5.74) is 2.03. The van der Waals surface area contributed by atoms with Gasteiger partial charge in [0.2, 0.25) is 0 Å². The number of ketones is 1. The number of piperidine rings is 1. The van der Waals surface area contributed by atoms with Crippen LogP contribution >= 0.6 is 26.5 Å². The third-order valence-electron chi connectivity index (χ3n) is 7.38. The molecule has 1 saturated heterocycles. The fourth-order valence-corrected chi connectivity index (χ4v) is 7.21. The summed E-state index contributed by atoms with van der Waals surface area (Å²) in [4.78, 5) is 49.9. The van der Waals surface area contributed by atoms with Crippen LogP contribution in [0.5, 0.6) is 17.2 Å². The molecule has 1 aliphatic rings. The van der Waals surface area contributed by atoms with E-state index in [1.54, 1.807) is 42.5 Å². The molecule has 4 aromatic rings. The number of phenolic OH excluding ortho intramolecular Hbond substituents is 2. The van der Waals surface area contributed by atoms with Crippen molar-refractivity contribution in [1.29, 1.82) is 0 Å². The third kappa shape index (κ3) is 8.39. The molecule has 242 valence electrons. The Labute approximate surface area is 263 Å². The van der Waals surface area contributed by atoms with Gasteiger partial charge in [-0.3, -0.25) is 18.8 Å². The van der Waals surface area contributed by atoms with Crippen LogP contribution in [0.2, 0.25) is 0 Å². The second-order valence-electron chi connectivity index (χ2n) is 10.7. The van der Waals surface area contributed by atoms with Crippen molar-refractivity contribution in [3.8, 4) is 27.7 Å². The number of phenols is 2. The molecule has 15 heteroatoms. The number of likely N-dealkylation sites (tertiary alicyclic amines) is 1. The SMILES string of the molecule is CC(O)(P(=O)(O)O)P(=O)(O)O.O=C(c1ccc(OCCN2CCCCC2)cc1)c1c(-c2ccc(O)cc2)sc2cc(O)ccc12. The van der Waals surface area contributed by atoms with E-state index in [1.165, 1.54) is 30.6 Å². The molecule has 3 aromatic carbocycles. The van der Waals surface area contributed by atoms with E-state index in [0.29, 0.717) is 24.7 Å². The first-order valence-corrected chi connectivity index (χ1v) is 18.0. The second kappa shape index (κ2) is 14.1. The summed E-state index contributed by atoms with van der Waals surface area (Å²) in [7, 11) is -10.4. The molecule has 0 bridgehead atoms. The van der Waals surface area contributed by atoms with E-state index >= 15 is 0 Å². The highest BCUT2D eigenvalue weighted by Crippen LogP contribution is 2.66. The number of carbonyl (C=O) groups is 1. The third-order valence-corrected chi connectivity index (χ3v) is 12.3. The van der Waals surface area contributed by atoms with Crippen molar-refractivity contribution in [1.82, 2.24) is 4.90 Å². The predicted molar refractivity (Wildman–Crippen MR) is 171 cm³/mol. The van der Waals surface area contributed by atoms with Gasteiger partial charge in [-0.1, -0.05) is 6.42 Å². The van der Waals surface area contributed by atoms with Gasteiger partial charge in [0.05, 0.1) is 0 Å². The van der Waals surface area contributed by atoms with E-state index in [1.807, 2.05) is 24.3 Å². The molecule has 1 fully saturated rings. The zero-order valence-corrected chi connectivity index (χ0v) is 26.9. The van der Waals surface area contributed by atoms with Gasteiger partial charge in [-0.05, 0) is 105 Å². The molecule has 0 radical (unpaired) electrons. The first kappa shape index (κ1) is 34.8. The maximum atomic E-state index is 13.6. The quantitative estimate of drug-likeness (QED) is 0.0914. The molecule has 0 aliphatic carbocycles. The highest BCUT2D eigenvalue weighted by atomic mass is 32.1. The van der Waals surface area contributed by atoms with Gasteiger partial charge in [-0.2, -0.15) is 0 Å². The molecule has 45 heavy (non-hydrogen) atoms. The molecular weight excluding hydrogens is 644 g/mol. The normalized spacial score (nSPS) is 14.5. The van der Waals surface area contributed by atoms with E-state index in [9.17, 15) is 24.1 Å². The minimum absolute atomic E-state index is 0.0834. The summed E-state index contributed by atoms with van der Waals surface area (Å²) in [6.07, 6.45) is 3.85. The van der Waals surface area contributed by atoms with Crippen molar-refractivity contribution in [2.24, 2.45) is 0 Å². The van der Waals surface area contributed by atoms with Crippen molar-refractivity contribution in [3.63, 3.8) is 0 Å². The number of hydrogen-bond donors (Lipinski definition) is 7. The average molecular weight is 680 g/mol. The lowest BCUT2D eigenvalue weighted by molar-refractivity contribution is 0.104. The minimum atomic E-state index is -5.20. The lowest BCUT2D eigenvalue weighted by Gasteiger charge is -2.26. The summed E-state index contributed by atoms with van der Waals surface area (Å²) in [6, 6.07) is 19.2. The number of ether oxygens (including phenoxy) is 1. The number of benzene rings is 3. The lowest BCUT2D eigenvalue weighted by Crippen LogP contribution is -2.33. The molecule has 0 amide bonds. The summed E-state index contributed by atoms with van der Waals surface area (Å²) in [5.74, 6) is 1.01. The Morgan fingerprint density at radius 2 is 1.44 bits per heavy atom. The molecule has 0 saturated carbocycles. The van der Waals surface area contributed by atoms with E-state index in [4.69, 9.17) is 29.4 Å². The summed E-state index contributed by atoms with van der Waals surface area (Å²) in [5, 5.41) is 25.8. The molecule has 0 atom stereocenters. The van der Waals surface area contributed by atoms with Crippen LogP contribution in [0.15, 0.2) is 66.7 Å². The molecule has 5 rings (SSSR count). The maximum Gasteiger partial charge on any atom is 0.369 e. The van der Waals surface area contributed by atoms with E-state index in [0.717, 1.165) is 45.9 Å². The standard InChI is InChI=1S/C28H27NO4S.C2H8O7P2/c30-21-8-4-20(5-9-21)28-26(24-13-10-22(31)18-25(24)34-28)27(32)19-6-11-23(12-7-19)33-17-16-29-14-2-1-3-15-29;1-2(3,10(4,5)6)11(7,8)9/h4-13,18,30-31H,1-3,14-17H2;3H,1H3,(H2,4,5,6)(H2,7,8,9). The van der Waals surface area contributed by atoms with Gasteiger partial charge in [0.25, 0.3) is 5.08 Å². The Morgan fingerprint density at radius 1 is 0.867 bits per heavy atom. The number of hydrogen-bond acceptors (Lipinski definition) is 9. The fraction of sp³-hybridized carbons (Fsp3) is 0.300. The molecule has 0 spiro atoms. The van der Waals surface area contributed by atoms with Gasteiger partial charge in [-0.25, -0.2) is 0 Å². The van der Waals surface area contributed by atoms with Gasteiger partial charge >= 0.3 is 15.2 Å². The van der Waals surface area contributed by atoms with Crippen LogP contribution in [0.3, 0.4) is 0 Å². The van der Waals surface area contributed by atoms with Crippen LogP contribution in [-0.4, -0.2) is 76.9 Å². The molecule has 7 N–H and O–H groups in total. The summed E-state index contributed by atoms with van der Waals surface area (Å²) < 4.78 is 27.3. The Bertz CT molecular complexity index is 1700. The smallest absolute Gasteiger partial charge is 0.369 e. The number of aromatic hydroxyl groups is 2. The van der Waals surface area contributed by atoms with E-state index in [-0.39, 0.29) is 17.3 Å². The topological polar surface area (TPSA) is 205 Å². The molecule has 1 aromatic heterocycles. The van der Waals surface area contributed by atoms with Crippen LogP contribution in [0.1, 0.15) is 42.1 Å². The van der Waals surface area contributed by atoms with Crippen LogP contribution in [0.25, 0.3) is 20.5 Å². The fourth-order valence-electron chi connectivity index (χ4n) is 4.62. The average Bonchev–Trinajstić information content (AvgIpc) is 3.36. The van der Waals surface area contributed by atoms with Crippen molar-refractivity contribution < 1.29 is 53.6 Å². The lowest BCUT2D eigenvalue weighted by atomic mass is 9.97. The van der Waals surface area contributed by atoms with Gasteiger partial charge in [-0.15, -0.1) is 11.3 Å². The molecule has 1 aliphatic heterocycles. The molecule has 12 nitrogen and oxygen atoms in total. The Kier molecular flexibility index (Phi) is 10.9. The molecule has 2 heterocycles. The van der Waals surface area contributed by atoms with Crippen LogP contribution < -0.4 is 4.74 Å². The van der Waals surface area contributed by atoms with E-state index in [2.05, 4.69) is 4.90 Å². The minimum Gasteiger partial charge on any atom is -0.508 e. The van der Waals surface area contributed by atoms with E-state index < -0.39 is 20.3 Å². The zero-order chi connectivity index (χ0) is 33.0. The number of thiophene rings is 1. The number of nitrogens with zero attached hydrogens (tertiary/aromatic N) is 1. The molecule has 0 unspecified atom stereocenters. The molecular formula is C30H35NO11P2S. The van der Waals surface area contributed by atoms with Crippen molar-refractivity contribution in [3.05, 3.63) is 77.9 Å². The number of fused-ring (bicyclic) bond motifs is 1. The van der Waals surface area contributed by atoms with Crippen molar-refractivity contribution >= 4 is 42.4 Å². The Hall–Kier alpha value is -3.09. The number of carbonyl (C=O) groups excluding carboxylic acids is 1. The predicted octanol–water partition coefficient (Wildman–Crippen LogP) is 5.08. The highest BCUT2D eigenvalue weighted by Gasteiger charge is 2.55. The van der Waals surface area contributed by atoms with Crippen LogP contribution in [0.4, 0.5) is 0 Å². The first-order valence-electron chi connectivity index (χ1n) is 14.0. The van der Waals surface area contributed by atoms with Gasteiger partial charge in [0.1, 0.15) is 23.9 Å². The van der Waals surface area contributed by atoms with Crippen molar-refractivity contribution in [2.45, 2.75) is 31.3 Å². The Balaban J connectivity index is 0.000000360. The van der Waals surface area contributed by atoms with Crippen LogP contribution in [0, 0.1) is 0 Å². The summed E-state index contributed by atoms with van der Waals surface area (Å²) >= 11 is 1.46. The monoisotopic (exact) mass is 679 g/mol. The largest absolute Gasteiger partial charge is 0.508 e. The zero-order valence-electron chi connectivity index (χ0n) is 24.3. The number of rotatable bonds is 9. The van der Waals surface area contributed by atoms with Crippen molar-refractivity contribution in [2.75, 3.05) is 26.2 Å². The highest BCUT2D eigenvalue weighted by molar-refractivity contribution is 7.71. The van der Waals surface area contributed by atoms with Gasteiger partial charge in [0, 0.05) is 32.6 Å². The van der Waals surface area contributed by atoms with Crippen LogP contribution in [-0.2, 0) is 9.13 Å². The number of aliphatic hydroxyl groups is 1. The second-order valence-corrected chi connectivity index (χ2v) is 16.0. The summed E-state index contributed by atoms with van der Waals surface area (Å²) in [6.45, 7) is 4.23. The van der Waals surface area contributed by atoms with Gasteiger partial charge < -0.3 is 39.6 Å². The first-order chi connectivity index (χ1) is 21.1. The van der Waals surface area contributed by atoms with Gasteiger partial charge in [0.15, 0.2) is 5.78 Å². The maximum absolute atomic E-state index is 13.6.